The molecule has 24 heavy (non-hydrogen) atoms. The second kappa shape index (κ2) is 6.31. The average molecular weight is 330 g/mol. The van der Waals surface area contributed by atoms with Crippen LogP contribution in [-0.4, -0.2) is 0 Å². The molecule has 2 aromatic rings. The van der Waals surface area contributed by atoms with Gasteiger partial charge in [-0.15, -0.1) is 0 Å². The van der Waals surface area contributed by atoms with Crippen molar-refractivity contribution in [3.05, 3.63) is 56.1 Å². The molecule has 0 bridgehead atoms. The first kappa shape index (κ1) is 18.6. The van der Waals surface area contributed by atoms with Gasteiger partial charge < -0.3 is 0 Å². The van der Waals surface area contributed by atoms with Crippen LogP contribution in [0.15, 0.2) is 0 Å². The molecule has 2 rings (SSSR count). The van der Waals surface area contributed by atoms with Crippen molar-refractivity contribution in [2.75, 3.05) is 0 Å². The van der Waals surface area contributed by atoms with Gasteiger partial charge in [-0.3, -0.25) is 0 Å². The van der Waals surface area contributed by atoms with Crippen LogP contribution in [0, 0.1) is 60.1 Å². The Morgan fingerprint density at radius 1 is 0.500 bits per heavy atom. The Morgan fingerprint density at radius 3 is 1.46 bits per heavy atom. The molecule has 0 N–H and O–H groups in total. The van der Waals surface area contributed by atoms with Crippen molar-refractivity contribution < 1.29 is 8.78 Å². The van der Waals surface area contributed by atoms with Gasteiger partial charge in [0.05, 0.1) is 0 Å². The van der Waals surface area contributed by atoms with Crippen LogP contribution in [0.2, 0.25) is 0 Å². The molecule has 0 aliphatic rings. The zero-order valence-electron chi connectivity index (χ0n) is 16.3. The van der Waals surface area contributed by atoms with Crippen LogP contribution in [0.1, 0.15) is 64.3 Å². The fourth-order valence-corrected chi connectivity index (χ4v) is 3.77. The lowest BCUT2D eigenvalue weighted by Crippen LogP contribution is -2.08. The van der Waals surface area contributed by atoms with Crippen molar-refractivity contribution in [1.82, 2.24) is 0 Å². The number of benzene rings is 2. The van der Waals surface area contributed by atoms with Gasteiger partial charge in [-0.25, -0.2) is 8.78 Å². The van der Waals surface area contributed by atoms with E-state index in [1.807, 2.05) is 48.5 Å². The Morgan fingerprint density at radius 2 is 0.958 bits per heavy atom. The maximum atomic E-state index is 15.1. The highest BCUT2D eigenvalue weighted by atomic mass is 19.1. The Kier molecular flexibility index (Phi) is 4.90. The van der Waals surface area contributed by atoms with Crippen LogP contribution in [0.5, 0.6) is 0 Å². The van der Waals surface area contributed by atoms with Gasteiger partial charge in [-0.2, -0.15) is 0 Å². The largest absolute Gasteiger partial charge is 0.206 e. The van der Waals surface area contributed by atoms with Crippen molar-refractivity contribution in [1.29, 1.82) is 0 Å². The minimum atomic E-state index is -0.224. The predicted molar refractivity (Wildman–Crippen MR) is 99.0 cm³/mol. The molecule has 130 valence electrons. The van der Waals surface area contributed by atoms with Crippen LogP contribution in [0.25, 0.3) is 11.1 Å². The summed E-state index contributed by atoms with van der Waals surface area (Å²) in [6, 6.07) is 0. The number of hydrogen-bond acceptors (Lipinski definition) is 0. The third-order valence-electron chi connectivity index (χ3n) is 5.72. The van der Waals surface area contributed by atoms with Crippen LogP contribution in [0.4, 0.5) is 8.78 Å². The third kappa shape index (κ3) is 2.56. The summed E-state index contributed by atoms with van der Waals surface area (Å²) in [5, 5.41) is 0. The molecule has 0 saturated carbocycles. The van der Waals surface area contributed by atoms with Gasteiger partial charge in [0, 0.05) is 5.56 Å². The molecule has 2 heteroatoms. The number of halogens is 2. The fourth-order valence-electron chi connectivity index (χ4n) is 3.77. The molecule has 2 aromatic carbocycles. The molecule has 0 spiro atoms. The average Bonchev–Trinajstić information content (AvgIpc) is 2.52. The highest BCUT2D eigenvalue weighted by molar-refractivity contribution is 5.78. The minimum Gasteiger partial charge on any atom is -0.206 e. The van der Waals surface area contributed by atoms with Gasteiger partial charge in [0.15, 0.2) is 0 Å². The summed E-state index contributed by atoms with van der Waals surface area (Å²) in [7, 11) is 0. The topological polar surface area (TPSA) is 0 Å². The van der Waals surface area contributed by atoms with Crippen molar-refractivity contribution in [3.63, 3.8) is 0 Å². The zero-order chi connectivity index (χ0) is 18.5. The molecule has 0 aliphatic heterocycles. The third-order valence-corrected chi connectivity index (χ3v) is 5.72. The SMILES string of the molecule is Cc1c(C)c(C)c(-c2c(C)c(C)c(C(C)C)c(F)c2C)c(F)c1C. The fraction of sp³-hybridized carbons (Fsp3) is 0.455. The molecule has 0 heterocycles. The number of hydrogen-bond donors (Lipinski definition) is 0. The normalized spacial score (nSPS) is 11.5. The molecular formula is C22H28F2. The van der Waals surface area contributed by atoms with Crippen molar-refractivity contribution in [2.24, 2.45) is 0 Å². The van der Waals surface area contributed by atoms with E-state index in [1.165, 1.54) is 0 Å². The van der Waals surface area contributed by atoms with Gasteiger partial charge in [0.1, 0.15) is 11.6 Å². The van der Waals surface area contributed by atoms with Gasteiger partial charge in [-0.1, -0.05) is 13.8 Å². The maximum Gasteiger partial charge on any atom is 0.134 e. The van der Waals surface area contributed by atoms with Gasteiger partial charge in [-0.05, 0) is 104 Å². The minimum absolute atomic E-state index is 0.101. The quantitative estimate of drug-likeness (QED) is 0.561. The molecule has 0 unspecified atom stereocenters. The van der Waals surface area contributed by atoms with Crippen LogP contribution in [0.3, 0.4) is 0 Å². The van der Waals surface area contributed by atoms with E-state index in [4.69, 9.17) is 0 Å². The summed E-state index contributed by atoms with van der Waals surface area (Å²) >= 11 is 0. The number of rotatable bonds is 2. The lowest BCUT2D eigenvalue weighted by Gasteiger charge is -2.24. The van der Waals surface area contributed by atoms with E-state index in [2.05, 4.69) is 0 Å². The van der Waals surface area contributed by atoms with Gasteiger partial charge in [0.2, 0.25) is 0 Å². The molecule has 0 aromatic heterocycles. The first-order chi connectivity index (χ1) is 11.0. The predicted octanol–water partition coefficient (Wildman–Crippen LogP) is 6.91. The monoisotopic (exact) mass is 330 g/mol. The summed E-state index contributed by atoms with van der Waals surface area (Å²) in [5.41, 5.74) is 8.07. The van der Waals surface area contributed by atoms with Crippen LogP contribution in [-0.2, 0) is 0 Å². The first-order valence-corrected chi connectivity index (χ1v) is 8.57. The first-order valence-electron chi connectivity index (χ1n) is 8.57. The second-order valence-corrected chi connectivity index (χ2v) is 7.32. The van der Waals surface area contributed by atoms with Crippen LogP contribution < -0.4 is 0 Å². The van der Waals surface area contributed by atoms with Crippen LogP contribution >= 0.6 is 0 Å². The second-order valence-electron chi connectivity index (χ2n) is 7.32. The Hall–Kier alpha value is -1.70. The molecule has 0 saturated heterocycles. The summed E-state index contributed by atoms with van der Waals surface area (Å²) in [5.74, 6) is -0.320. The summed E-state index contributed by atoms with van der Waals surface area (Å²) in [6.45, 7) is 17.4. The highest BCUT2D eigenvalue weighted by Gasteiger charge is 2.25. The Balaban J connectivity index is 3.01. The van der Waals surface area contributed by atoms with E-state index in [1.54, 1.807) is 13.8 Å². The highest BCUT2D eigenvalue weighted by Crippen LogP contribution is 2.41. The van der Waals surface area contributed by atoms with E-state index < -0.39 is 0 Å². The smallest absolute Gasteiger partial charge is 0.134 e. The molecular weight excluding hydrogens is 302 g/mol. The van der Waals surface area contributed by atoms with E-state index in [0.29, 0.717) is 16.7 Å². The summed E-state index contributed by atoms with van der Waals surface area (Å²) < 4.78 is 30.2. The zero-order valence-corrected chi connectivity index (χ0v) is 16.3. The molecule has 0 radical (unpaired) electrons. The molecule has 0 fully saturated rings. The molecule has 0 atom stereocenters. The van der Waals surface area contributed by atoms with E-state index in [9.17, 15) is 0 Å². The molecule has 0 nitrogen and oxygen atoms in total. The molecule has 0 aliphatic carbocycles. The standard InChI is InChI=1S/C22H28F2/c1-10(2)18-14(6)15(7)19(17(9)22(18)24)20-13(5)11(3)12(4)16(8)21(20)23/h10H,1-9H3. The summed E-state index contributed by atoms with van der Waals surface area (Å²) in [4.78, 5) is 0. The Bertz CT molecular complexity index is 769. The van der Waals surface area contributed by atoms with Gasteiger partial charge >= 0.3 is 0 Å². The van der Waals surface area contributed by atoms with Crippen molar-refractivity contribution >= 4 is 0 Å². The maximum absolute atomic E-state index is 15.1. The molecule has 0 amide bonds. The van der Waals surface area contributed by atoms with Crippen molar-refractivity contribution in [2.45, 2.75) is 68.2 Å². The van der Waals surface area contributed by atoms with E-state index >= 15 is 8.78 Å². The summed E-state index contributed by atoms with van der Waals surface area (Å²) in [6.07, 6.45) is 0. The van der Waals surface area contributed by atoms with Gasteiger partial charge in [0.25, 0.3) is 0 Å². The van der Waals surface area contributed by atoms with E-state index in [-0.39, 0.29) is 17.6 Å². The van der Waals surface area contributed by atoms with E-state index in [0.717, 1.165) is 38.9 Å². The lowest BCUT2D eigenvalue weighted by molar-refractivity contribution is 0.586. The Labute approximate surface area is 144 Å². The van der Waals surface area contributed by atoms with Crippen molar-refractivity contribution in [3.8, 4) is 11.1 Å². The lowest BCUT2D eigenvalue weighted by atomic mass is 9.82.